The van der Waals surface area contributed by atoms with Crippen LogP contribution >= 0.6 is 7.26 Å². The lowest BCUT2D eigenvalue weighted by Crippen LogP contribution is -3.00. The molecule has 5 aromatic carbocycles. The van der Waals surface area contributed by atoms with Crippen LogP contribution in [-0.2, 0) is 0 Å². The standard InChI is InChI=1S/C37H28F3O4P.BrH/c38-26-8-14-30(15-9-26)45(31-16-10-27(39)11-17-31,32-18-12-28(40)13-19-32)21-5-4-20-43-29-22-33(41)37-34(42)24-35(44-36(37)23-29)25-6-2-1-3-7-25;/h1-3,6-19,22-24H,4-5,20-21H2;1H. The van der Waals surface area contributed by atoms with Gasteiger partial charge in [-0.1, -0.05) is 30.3 Å². The van der Waals surface area contributed by atoms with Crippen LogP contribution in [0.15, 0.2) is 131 Å². The summed E-state index contributed by atoms with van der Waals surface area (Å²) in [6.07, 6.45) is 1.92. The average molecular weight is 706 g/mol. The molecule has 0 aliphatic rings. The van der Waals surface area contributed by atoms with Gasteiger partial charge in [0, 0.05) is 23.8 Å². The molecule has 1 heterocycles. The number of hydrogen-bond donors (Lipinski definition) is 1. The maximum Gasteiger partial charge on any atom is 0.197 e. The molecule has 0 saturated carbocycles. The van der Waals surface area contributed by atoms with Gasteiger partial charge in [0.1, 0.15) is 68.9 Å². The third kappa shape index (κ3) is 6.88. The summed E-state index contributed by atoms with van der Waals surface area (Å²) in [5, 5.41) is 13.4. The first-order chi connectivity index (χ1) is 21.8. The van der Waals surface area contributed by atoms with Crippen molar-refractivity contribution in [2.75, 3.05) is 12.8 Å². The summed E-state index contributed by atoms with van der Waals surface area (Å²) in [6, 6.07) is 32.5. The van der Waals surface area contributed by atoms with Crippen molar-refractivity contribution in [1.82, 2.24) is 0 Å². The lowest BCUT2D eigenvalue weighted by Gasteiger charge is -2.28. The van der Waals surface area contributed by atoms with Gasteiger partial charge in [-0.05, 0) is 85.6 Å². The second-order valence-electron chi connectivity index (χ2n) is 10.7. The highest BCUT2D eigenvalue weighted by molar-refractivity contribution is 7.95. The zero-order chi connectivity index (χ0) is 31.4. The molecule has 46 heavy (non-hydrogen) atoms. The number of fused-ring (bicyclic) bond motifs is 1. The molecule has 0 radical (unpaired) electrons. The van der Waals surface area contributed by atoms with Crippen molar-refractivity contribution in [3.63, 3.8) is 0 Å². The van der Waals surface area contributed by atoms with Crippen LogP contribution in [0.4, 0.5) is 13.2 Å². The van der Waals surface area contributed by atoms with E-state index in [4.69, 9.17) is 9.15 Å². The van der Waals surface area contributed by atoms with Gasteiger partial charge < -0.3 is 31.2 Å². The van der Waals surface area contributed by atoms with Gasteiger partial charge in [-0.25, -0.2) is 13.2 Å². The molecule has 6 rings (SSSR count). The summed E-state index contributed by atoms with van der Waals surface area (Å²) >= 11 is 0. The average Bonchev–Trinajstić information content (AvgIpc) is 3.04. The fraction of sp³-hybridized carbons (Fsp3) is 0.108. The zero-order valence-corrected chi connectivity index (χ0v) is 27.0. The van der Waals surface area contributed by atoms with E-state index in [1.807, 2.05) is 30.3 Å². The maximum atomic E-state index is 14.0. The molecule has 6 aromatic rings. The Kier molecular flexibility index (Phi) is 10.3. The molecule has 0 unspecified atom stereocenters. The fourth-order valence-corrected chi connectivity index (χ4v) is 9.97. The molecule has 0 saturated heterocycles. The minimum absolute atomic E-state index is 0. The van der Waals surface area contributed by atoms with Crippen LogP contribution in [0.25, 0.3) is 22.3 Å². The Labute approximate surface area is 275 Å². The molecule has 1 N–H and O–H groups in total. The highest BCUT2D eigenvalue weighted by Gasteiger charge is 2.45. The normalized spacial score (nSPS) is 11.3. The highest BCUT2D eigenvalue weighted by atomic mass is 79.9. The van der Waals surface area contributed by atoms with Crippen LogP contribution in [0.5, 0.6) is 11.5 Å². The van der Waals surface area contributed by atoms with E-state index in [2.05, 4.69) is 0 Å². The SMILES string of the molecule is O=c1cc(-c2ccccc2)oc2cc(OCCCC[P+](c3ccc(F)cc3)(c3ccc(F)cc3)c3ccc(F)cc3)cc(O)c12.[Br-]. The van der Waals surface area contributed by atoms with Gasteiger partial charge in [0.05, 0.1) is 12.8 Å². The van der Waals surface area contributed by atoms with Crippen LogP contribution in [0.3, 0.4) is 0 Å². The van der Waals surface area contributed by atoms with E-state index in [-0.39, 0.29) is 56.6 Å². The summed E-state index contributed by atoms with van der Waals surface area (Å²) in [6.45, 7) is 0.295. The molecule has 0 aliphatic heterocycles. The van der Waals surface area contributed by atoms with Gasteiger partial charge in [0.25, 0.3) is 0 Å². The number of unbranched alkanes of at least 4 members (excludes halogenated alkanes) is 1. The fourth-order valence-electron chi connectivity index (χ4n) is 5.63. The minimum atomic E-state index is -2.45. The monoisotopic (exact) mass is 704 g/mol. The number of phenols is 1. The molecule has 0 bridgehead atoms. The second kappa shape index (κ2) is 14.4. The topological polar surface area (TPSA) is 59.7 Å². The van der Waals surface area contributed by atoms with Gasteiger partial charge in [-0.3, -0.25) is 4.79 Å². The van der Waals surface area contributed by atoms with E-state index in [9.17, 15) is 23.1 Å². The Morgan fingerprint density at radius 2 is 1.20 bits per heavy atom. The summed E-state index contributed by atoms with van der Waals surface area (Å²) in [4.78, 5) is 12.8. The Hall–Kier alpha value is -4.39. The van der Waals surface area contributed by atoms with Crippen LogP contribution in [-0.4, -0.2) is 17.9 Å². The van der Waals surface area contributed by atoms with E-state index in [0.717, 1.165) is 21.5 Å². The molecule has 0 amide bonds. The van der Waals surface area contributed by atoms with Crippen molar-refractivity contribution < 1.29 is 44.4 Å². The van der Waals surface area contributed by atoms with Crippen molar-refractivity contribution in [1.29, 1.82) is 0 Å². The molecular weight excluding hydrogens is 676 g/mol. The lowest BCUT2D eigenvalue weighted by atomic mass is 10.1. The molecule has 9 heteroatoms. The largest absolute Gasteiger partial charge is 1.00 e. The minimum Gasteiger partial charge on any atom is -1.00 e. The number of halogens is 4. The Balaban J connectivity index is 0.00000417. The number of ether oxygens (including phenoxy) is 1. The van der Waals surface area contributed by atoms with Crippen LogP contribution in [0.2, 0.25) is 0 Å². The molecule has 1 aromatic heterocycles. The number of rotatable bonds is 10. The third-order valence-electron chi connectivity index (χ3n) is 7.80. The van der Waals surface area contributed by atoms with Gasteiger partial charge >= 0.3 is 0 Å². The summed E-state index contributed by atoms with van der Waals surface area (Å²) < 4.78 is 54.0. The highest BCUT2D eigenvalue weighted by Crippen LogP contribution is 2.56. The molecular formula is C37H29BrF3O4P. The molecule has 4 nitrogen and oxygen atoms in total. The van der Waals surface area contributed by atoms with Crippen LogP contribution in [0, 0.1) is 17.5 Å². The quantitative estimate of drug-likeness (QED) is 0.166. The van der Waals surface area contributed by atoms with Crippen molar-refractivity contribution in [2.24, 2.45) is 0 Å². The lowest BCUT2D eigenvalue weighted by molar-refractivity contribution is -0.0000127. The number of benzene rings is 5. The van der Waals surface area contributed by atoms with Gasteiger partial charge in [0.2, 0.25) is 0 Å². The van der Waals surface area contributed by atoms with Gasteiger partial charge in [-0.15, -0.1) is 0 Å². The third-order valence-corrected chi connectivity index (χ3v) is 12.3. The predicted octanol–water partition coefficient (Wildman–Crippen LogP) is 4.74. The van der Waals surface area contributed by atoms with Gasteiger partial charge in [-0.2, -0.15) is 0 Å². The van der Waals surface area contributed by atoms with E-state index >= 15 is 0 Å². The van der Waals surface area contributed by atoms with Crippen LogP contribution < -0.4 is 43.1 Å². The predicted molar refractivity (Wildman–Crippen MR) is 174 cm³/mol. The molecule has 0 atom stereocenters. The molecule has 0 aliphatic carbocycles. The van der Waals surface area contributed by atoms with Crippen molar-refractivity contribution in [3.05, 3.63) is 149 Å². The van der Waals surface area contributed by atoms with Gasteiger partial charge in [0.15, 0.2) is 5.43 Å². The number of phenolic OH excluding ortho intramolecular Hbond substituents is 1. The summed E-state index contributed by atoms with van der Waals surface area (Å²) in [5.74, 6) is -0.599. The first kappa shape index (κ1) is 33.0. The van der Waals surface area contributed by atoms with Crippen molar-refractivity contribution in [2.45, 2.75) is 12.8 Å². The first-order valence-electron chi connectivity index (χ1n) is 14.5. The number of hydrogen-bond acceptors (Lipinski definition) is 4. The molecule has 0 fully saturated rings. The number of aromatic hydroxyl groups is 1. The maximum absolute atomic E-state index is 14.0. The zero-order valence-electron chi connectivity index (χ0n) is 24.5. The summed E-state index contributed by atoms with van der Waals surface area (Å²) in [7, 11) is -2.45. The van der Waals surface area contributed by atoms with Crippen molar-refractivity contribution in [3.8, 4) is 22.8 Å². The van der Waals surface area contributed by atoms with Crippen LogP contribution in [0.1, 0.15) is 12.8 Å². The smallest absolute Gasteiger partial charge is 0.197 e. The Morgan fingerprint density at radius 3 is 1.72 bits per heavy atom. The molecule has 0 spiro atoms. The van der Waals surface area contributed by atoms with E-state index in [0.29, 0.717) is 37.1 Å². The Bertz CT molecular complexity index is 1870. The Morgan fingerprint density at radius 1 is 0.674 bits per heavy atom. The van der Waals surface area contributed by atoms with E-state index < -0.39 is 7.26 Å². The van der Waals surface area contributed by atoms with E-state index in [1.165, 1.54) is 48.5 Å². The molecule has 234 valence electrons. The second-order valence-corrected chi connectivity index (χ2v) is 14.3. The van der Waals surface area contributed by atoms with Crippen molar-refractivity contribution >= 4 is 34.1 Å². The first-order valence-corrected chi connectivity index (χ1v) is 16.5. The summed E-state index contributed by atoms with van der Waals surface area (Å²) in [5.41, 5.74) is 0.588. The van der Waals surface area contributed by atoms with E-state index in [1.54, 1.807) is 42.5 Å².